The molecule has 3 rings (SSSR count). The molecule has 1 amide bonds. The fourth-order valence-electron chi connectivity index (χ4n) is 2.96. The van der Waals surface area contributed by atoms with Crippen molar-refractivity contribution in [2.45, 2.75) is 20.4 Å². The van der Waals surface area contributed by atoms with E-state index in [1.54, 1.807) is 54.5 Å². The van der Waals surface area contributed by atoms with Gasteiger partial charge >= 0.3 is 0 Å². The minimum absolute atomic E-state index is 0.159. The summed E-state index contributed by atoms with van der Waals surface area (Å²) >= 11 is 5.81. The van der Waals surface area contributed by atoms with Crippen LogP contribution in [0.25, 0.3) is 0 Å². The first-order valence-corrected chi connectivity index (χ1v) is 9.31. The molecule has 0 aliphatic rings. The lowest BCUT2D eigenvalue weighted by Gasteiger charge is -2.19. The second-order valence-electron chi connectivity index (χ2n) is 6.82. The molecular weight excluding hydrogens is 372 g/mol. The van der Waals surface area contributed by atoms with E-state index in [0.717, 1.165) is 16.7 Å². The van der Waals surface area contributed by atoms with Crippen LogP contribution in [-0.2, 0) is 6.54 Å². The van der Waals surface area contributed by atoms with Crippen LogP contribution in [0.2, 0.25) is 5.15 Å². The highest BCUT2D eigenvalue weighted by molar-refractivity contribution is 6.29. The van der Waals surface area contributed by atoms with Gasteiger partial charge in [0.2, 0.25) is 0 Å². The number of benzene rings is 2. The van der Waals surface area contributed by atoms with E-state index in [1.165, 1.54) is 0 Å². The highest BCUT2D eigenvalue weighted by Gasteiger charge is 2.21. The molecular formula is C23H21ClN2O2. The number of nitrogens with zero attached hydrogens (tertiary/aromatic N) is 2. The van der Waals surface area contributed by atoms with E-state index in [-0.39, 0.29) is 11.7 Å². The Morgan fingerprint density at radius 1 is 0.964 bits per heavy atom. The average molecular weight is 393 g/mol. The Kier molecular flexibility index (Phi) is 5.90. The van der Waals surface area contributed by atoms with Gasteiger partial charge in [-0.25, -0.2) is 4.98 Å². The number of ketones is 1. The van der Waals surface area contributed by atoms with Gasteiger partial charge in [0.25, 0.3) is 5.91 Å². The molecule has 0 saturated heterocycles. The first-order valence-electron chi connectivity index (χ1n) is 8.93. The monoisotopic (exact) mass is 392 g/mol. The van der Waals surface area contributed by atoms with Gasteiger partial charge in [0, 0.05) is 30.9 Å². The standard InChI is InChI=1S/C23H21ClN2O2/c1-15-8-10-18(12-16(15)2)22(27)19-6-4-5-7-20(19)23(28)26(3)14-17-9-11-21(24)25-13-17/h4-13H,14H2,1-3H3. The van der Waals surface area contributed by atoms with Crippen LogP contribution in [0.1, 0.15) is 43.0 Å². The largest absolute Gasteiger partial charge is 0.337 e. The topological polar surface area (TPSA) is 50.3 Å². The lowest BCUT2D eigenvalue weighted by molar-refractivity contribution is 0.0780. The minimum Gasteiger partial charge on any atom is -0.337 e. The number of hydrogen-bond donors (Lipinski definition) is 0. The Morgan fingerprint density at radius 2 is 1.68 bits per heavy atom. The van der Waals surface area contributed by atoms with Crippen LogP contribution in [0.5, 0.6) is 0 Å². The van der Waals surface area contributed by atoms with Crippen molar-refractivity contribution in [3.05, 3.63) is 99.3 Å². The number of rotatable bonds is 5. The maximum absolute atomic E-state index is 13.1. The molecule has 1 heterocycles. The molecule has 0 fully saturated rings. The minimum atomic E-state index is -0.220. The maximum Gasteiger partial charge on any atom is 0.254 e. The van der Waals surface area contributed by atoms with E-state index >= 15 is 0 Å². The SMILES string of the molecule is Cc1ccc(C(=O)c2ccccc2C(=O)N(C)Cc2ccc(Cl)nc2)cc1C. The van der Waals surface area contributed by atoms with E-state index in [2.05, 4.69) is 4.98 Å². The fourth-order valence-corrected chi connectivity index (χ4v) is 3.07. The maximum atomic E-state index is 13.1. The molecule has 2 aromatic carbocycles. The highest BCUT2D eigenvalue weighted by atomic mass is 35.5. The third-order valence-corrected chi connectivity index (χ3v) is 4.95. The second-order valence-corrected chi connectivity index (χ2v) is 7.21. The molecule has 0 N–H and O–H groups in total. The summed E-state index contributed by atoms with van der Waals surface area (Å²) in [6.07, 6.45) is 1.64. The van der Waals surface area contributed by atoms with Crippen molar-refractivity contribution in [3.8, 4) is 0 Å². The van der Waals surface area contributed by atoms with Gasteiger partial charge < -0.3 is 4.90 Å². The number of pyridine rings is 1. The fraction of sp³-hybridized carbons (Fsp3) is 0.174. The Hall–Kier alpha value is -2.98. The van der Waals surface area contributed by atoms with Crippen LogP contribution < -0.4 is 0 Å². The molecule has 3 aromatic rings. The number of halogens is 1. The van der Waals surface area contributed by atoms with Gasteiger partial charge in [0.1, 0.15) is 5.15 Å². The summed E-state index contributed by atoms with van der Waals surface area (Å²) in [4.78, 5) is 31.7. The van der Waals surface area contributed by atoms with Crippen molar-refractivity contribution >= 4 is 23.3 Å². The molecule has 0 bridgehead atoms. The predicted octanol–water partition coefficient (Wildman–Crippen LogP) is 4.86. The smallest absolute Gasteiger partial charge is 0.254 e. The zero-order valence-corrected chi connectivity index (χ0v) is 16.8. The number of amides is 1. The van der Waals surface area contributed by atoms with Gasteiger partial charge in [0.05, 0.1) is 5.56 Å². The molecule has 0 radical (unpaired) electrons. The van der Waals surface area contributed by atoms with Crippen molar-refractivity contribution in [3.63, 3.8) is 0 Å². The molecule has 0 aliphatic carbocycles. The quantitative estimate of drug-likeness (QED) is 0.460. The van der Waals surface area contributed by atoms with Crippen LogP contribution >= 0.6 is 11.6 Å². The van der Waals surface area contributed by atoms with E-state index in [0.29, 0.717) is 28.4 Å². The lowest BCUT2D eigenvalue weighted by Crippen LogP contribution is -2.28. The van der Waals surface area contributed by atoms with Gasteiger partial charge in [-0.05, 0) is 48.7 Å². The summed E-state index contributed by atoms with van der Waals surface area (Å²) in [5, 5.41) is 0.405. The zero-order valence-electron chi connectivity index (χ0n) is 16.1. The van der Waals surface area contributed by atoms with Crippen LogP contribution in [0, 0.1) is 13.8 Å². The van der Waals surface area contributed by atoms with Gasteiger partial charge in [-0.3, -0.25) is 9.59 Å². The highest BCUT2D eigenvalue weighted by Crippen LogP contribution is 2.19. The average Bonchev–Trinajstić information content (AvgIpc) is 2.70. The van der Waals surface area contributed by atoms with E-state index in [1.807, 2.05) is 32.0 Å². The molecule has 1 aromatic heterocycles. The Balaban J connectivity index is 1.88. The van der Waals surface area contributed by atoms with Crippen molar-refractivity contribution in [1.82, 2.24) is 9.88 Å². The van der Waals surface area contributed by atoms with Crippen molar-refractivity contribution in [2.24, 2.45) is 0 Å². The molecule has 0 aliphatic heterocycles. The van der Waals surface area contributed by atoms with Crippen LogP contribution in [0.15, 0.2) is 60.8 Å². The molecule has 142 valence electrons. The van der Waals surface area contributed by atoms with E-state index in [4.69, 9.17) is 11.6 Å². The van der Waals surface area contributed by atoms with Crippen molar-refractivity contribution < 1.29 is 9.59 Å². The Labute approximate surface area is 169 Å². The third kappa shape index (κ3) is 4.29. The predicted molar refractivity (Wildman–Crippen MR) is 111 cm³/mol. The summed E-state index contributed by atoms with van der Waals surface area (Å²) in [5.41, 5.74) is 4.39. The molecule has 0 unspecified atom stereocenters. The van der Waals surface area contributed by atoms with Gasteiger partial charge in [0.15, 0.2) is 5.78 Å². The zero-order chi connectivity index (χ0) is 20.3. The Morgan fingerprint density at radius 3 is 2.32 bits per heavy atom. The van der Waals surface area contributed by atoms with Crippen LogP contribution in [0.4, 0.5) is 0 Å². The first kappa shape index (κ1) is 19.8. The molecule has 0 atom stereocenters. The number of carbonyl (C=O) groups is 2. The lowest BCUT2D eigenvalue weighted by atomic mass is 9.95. The summed E-state index contributed by atoms with van der Waals surface area (Å²) < 4.78 is 0. The number of carbonyl (C=O) groups excluding carboxylic acids is 2. The number of aromatic nitrogens is 1. The molecule has 0 saturated carbocycles. The van der Waals surface area contributed by atoms with Crippen molar-refractivity contribution in [2.75, 3.05) is 7.05 Å². The normalized spacial score (nSPS) is 10.6. The summed E-state index contributed by atoms with van der Waals surface area (Å²) in [7, 11) is 1.70. The molecule has 4 nitrogen and oxygen atoms in total. The molecule has 28 heavy (non-hydrogen) atoms. The third-order valence-electron chi connectivity index (χ3n) is 4.73. The summed E-state index contributed by atoms with van der Waals surface area (Å²) in [6, 6.07) is 16.0. The van der Waals surface area contributed by atoms with E-state index in [9.17, 15) is 9.59 Å². The summed E-state index contributed by atoms with van der Waals surface area (Å²) in [5.74, 6) is -0.378. The summed E-state index contributed by atoms with van der Waals surface area (Å²) in [6.45, 7) is 4.34. The van der Waals surface area contributed by atoms with Crippen LogP contribution in [-0.4, -0.2) is 28.6 Å². The first-order chi connectivity index (χ1) is 13.4. The van der Waals surface area contributed by atoms with E-state index < -0.39 is 0 Å². The molecule has 0 spiro atoms. The molecule has 5 heteroatoms. The Bertz CT molecular complexity index is 1030. The number of hydrogen-bond acceptors (Lipinski definition) is 3. The van der Waals surface area contributed by atoms with Gasteiger partial charge in [-0.1, -0.05) is 48.0 Å². The van der Waals surface area contributed by atoms with Crippen molar-refractivity contribution in [1.29, 1.82) is 0 Å². The number of aryl methyl sites for hydroxylation is 2. The van der Waals surface area contributed by atoms with Gasteiger partial charge in [-0.15, -0.1) is 0 Å². The van der Waals surface area contributed by atoms with Crippen LogP contribution in [0.3, 0.4) is 0 Å². The second kappa shape index (κ2) is 8.36. The van der Waals surface area contributed by atoms with Gasteiger partial charge in [-0.2, -0.15) is 0 Å².